The Kier molecular flexibility index (Phi) is 4.32. The van der Waals surface area contributed by atoms with Crippen molar-refractivity contribution >= 4 is 17.7 Å². The molecule has 1 aliphatic heterocycles. The van der Waals surface area contributed by atoms with Crippen LogP contribution in [-0.4, -0.2) is 60.4 Å². The normalized spacial score (nSPS) is 32.8. The lowest BCUT2D eigenvalue weighted by molar-refractivity contribution is -0.134. The van der Waals surface area contributed by atoms with Crippen LogP contribution in [-0.2, 0) is 4.79 Å². The van der Waals surface area contributed by atoms with Crippen LogP contribution in [0.25, 0.3) is 0 Å². The third-order valence-electron chi connectivity index (χ3n) is 5.53. The minimum Gasteiger partial charge on any atom is -0.340 e. The molecule has 2 atom stereocenters. The molecular formula is C16H28N2OS. The Hall–Kier alpha value is -0.220. The molecule has 0 unspecified atom stereocenters. The largest absolute Gasteiger partial charge is 0.340 e. The maximum absolute atomic E-state index is 12.2. The molecule has 4 heteroatoms. The van der Waals surface area contributed by atoms with Crippen molar-refractivity contribution in [2.75, 3.05) is 44.7 Å². The zero-order valence-corrected chi connectivity index (χ0v) is 13.8. The van der Waals surface area contributed by atoms with Gasteiger partial charge in [-0.15, -0.1) is 0 Å². The number of thioether (sulfide) groups is 1. The van der Waals surface area contributed by atoms with E-state index in [4.69, 9.17) is 0 Å². The summed E-state index contributed by atoms with van der Waals surface area (Å²) >= 11 is 2.00. The van der Waals surface area contributed by atoms with Crippen LogP contribution in [0.4, 0.5) is 0 Å². The summed E-state index contributed by atoms with van der Waals surface area (Å²) in [6.07, 6.45) is 7.58. The number of hydrogen-bond acceptors (Lipinski definition) is 3. The molecule has 3 rings (SSSR count). The van der Waals surface area contributed by atoms with E-state index in [2.05, 4.69) is 23.0 Å². The van der Waals surface area contributed by atoms with Crippen molar-refractivity contribution in [3.63, 3.8) is 0 Å². The van der Waals surface area contributed by atoms with Crippen LogP contribution in [0, 0.1) is 17.3 Å². The molecule has 1 saturated heterocycles. The second-order valence-electron chi connectivity index (χ2n) is 7.21. The number of carbonyl (C=O) groups is 1. The minimum atomic E-state index is 0.357. The molecule has 0 N–H and O–H groups in total. The monoisotopic (exact) mass is 296 g/mol. The van der Waals surface area contributed by atoms with Gasteiger partial charge in [-0.2, -0.15) is 11.8 Å². The molecule has 20 heavy (non-hydrogen) atoms. The second-order valence-corrected chi connectivity index (χ2v) is 8.07. The van der Waals surface area contributed by atoms with Gasteiger partial charge in [0.05, 0.1) is 0 Å². The number of hydrogen-bond donors (Lipinski definition) is 0. The van der Waals surface area contributed by atoms with Crippen molar-refractivity contribution in [3.8, 4) is 0 Å². The van der Waals surface area contributed by atoms with Gasteiger partial charge < -0.3 is 4.90 Å². The molecule has 0 aromatic carbocycles. The second kappa shape index (κ2) is 5.88. The first-order valence-electron chi connectivity index (χ1n) is 8.14. The lowest BCUT2D eigenvalue weighted by Crippen LogP contribution is -2.53. The van der Waals surface area contributed by atoms with Crippen LogP contribution >= 0.6 is 11.8 Å². The fourth-order valence-corrected chi connectivity index (χ4v) is 4.82. The van der Waals surface area contributed by atoms with Crippen molar-refractivity contribution in [1.82, 2.24) is 9.80 Å². The topological polar surface area (TPSA) is 23.6 Å². The van der Waals surface area contributed by atoms with E-state index in [1.54, 1.807) is 0 Å². The summed E-state index contributed by atoms with van der Waals surface area (Å²) in [5, 5.41) is 0. The Labute approximate surface area is 127 Å². The molecule has 0 aromatic heterocycles. The smallest absolute Gasteiger partial charge is 0.226 e. The molecule has 0 radical (unpaired) electrons. The molecule has 2 aliphatic carbocycles. The van der Waals surface area contributed by atoms with Crippen LogP contribution in [0.15, 0.2) is 0 Å². The van der Waals surface area contributed by atoms with E-state index in [1.807, 2.05) is 11.8 Å². The summed E-state index contributed by atoms with van der Waals surface area (Å²) in [5.41, 5.74) is 0.594. The van der Waals surface area contributed by atoms with E-state index in [-0.39, 0.29) is 0 Å². The first kappa shape index (κ1) is 14.7. The molecular weight excluding hydrogens is 268 g/mol. The first-order chi connectivity index (χ1) is 9.63. The number of nitrogens with zero attached hydrogens (tertiary/aromatic N) is 2. The van der Waals surface area contributed by atoms with Crippen molar-refractivity contribution in [2.45, 2.75) is 32.6 Å². The van der Waals surface area contributed by atoms with Gasteiger partial charge in [-0.1, -0.05) is 13.3 Å². The highest BCUT2D eigenvalue weighted by atomic mass is 32.2. The highest BCUT2D eigenvalue weighted by molar-refractivity contribution is 7.98. The molecule has 3 fully saturated rings. The van der Waals surface area contributed by atoms with E-state index in [0.717, 1.165) is 32.6 Å². The summed E-state index contributed by atoms with van der Waals surface area (Å²) in [7, 11) is 0. The maximum Gasteiger partial charge on any atom is 0.226 e. The van der Waals surface area contributed by atoms with Crippen LogP contribution < -0.4 is 0 Å². The predicted molar refractivity (Wildman–Crippen MR) is 85.0 cm³/mol. The van der Waals surface area contributed by atoms with E-state index >= 15 is 0 Å². The Morgan fingerprint density at radius 2 is 1.90 bits per heavy atom. The summed E-state index contributed by atoms with van der Waals surface area (Å²) in [6, 6.07) is 0. The van der Waals surface area contributed by atoms with Gasteiger partial charge in [-0.05, 0) is 42.6 Å². The van der Waals surface area contributed by atoms with Gasteiger partial charge in [0.15, 0.2) is 0 Å². The summed E-state index contributed by atoms with van der Waals surface area (Å²) in [6.45, 7) is 7.54. The number of amides is 1. The Morgan fingerprint density at radius 1 is 1.25 bits per heavy atom. The molecule has 2 saturated carbocycles. The molecule has 1 amide bonds. The fraction of sp³-hybridized carbons (Fsp3) is 0.938. The average Bonchev–Trinajstić information content (AvgIpc) is 3.13. The molecule has 3 nitrogen and oxygen atoms in total. The Balaban J connectivity index is 1.45. The minimum absolute atomic E-state index is 0.357. The number of carbonyl (C=O) groups excluding carboxylic acids is 1. The van der Waals surface area contributed by atoms with Crippen LogP contribution in [0.3, 0.4) is 0 Å². The van der Waals surface area contributed by atoms with Gasteiger partial charge in [0.2, 0.25) is 5.91 Å². The fourth-order valence-electron chi connectivity index (χ4n) is 3.83. The van der Waals surface area contributed by atoms with Gasteiger partial charge in [0.1, 0.15) is 0 Å². The SMILES string of the molecule is CSCC1(CN2CCN(C(=O)[C@@H]3C[C@H]3C)CC2)CCC1. The van der Waals surface area contributed by atoms with E-state index < -0.39 is 0 Å². The zero-order chi connectivity index (χ0) is 14.2. The van der Waals surface area contributed by atoms with Crippen molar-refractivity contribution in [2.24, 2.45) is 17.3 Å². The molecule has 0 spiro atoms. The summed E-state index contributed by atoms with van der Waals surface area (Å²) < 4.78 is 0. The summed E-state index contributed by atoms with van der Waals surface area (Å²) in [5.74, 6) is 2.74. The lowest BCUT2D eigenvalue weighted by Gasteiger charge is -2.47. The van der Waals surface area contributed by atoms with E-state index in [0.29, 0.717) is 23.2 Å². The van der Waals surface area contributed by atoms with E-state index in [9.17, 15) is 4.79 Å². The van der Waals surface area contributed by atoms with Gasteiger partial charge in [-0.3, -0.25) is 9.69 Å². The molecule has 0 bridgehead atoms. The third kappa shape index (κ3) is 3.01. The maximum atomic E-state index is 12.2. The van der Waals surface area contributed by atoms with Crippen LogP contribution in [0.1, 0.15) is 32.6 Å². The van der Waals surface area contributed by atoms with Gasteiger partial charge in [0, 0.05) is 38.6 Å². The van der Waals surface area contributed by atoms with Gasteiger partial charge in [-0.25, -0.2) is 0 Å². The van der Waals surface area contributed by atoms with Gasteiger partial charge >= 0.3 is 0 Å². The number of piperazine rings is 1. The Morgan fingerprint density at radius 3 is 2.35 bits per heavy atom. The van der Waals surface area contributed by atoms with Crippen molar-refractivity contribution in [1.29, 1.82) is 0 Å². The Bertz CT molecular complexity index is 361. The first-order valence-corrected chi connectivity index (χ1v) is 9.53. The van der Waals surface area contributed by atoms with Gasteiger partial charge in [0.25, 0.3) is 0 Å². The molecule has 114 valence electrons. The highest BCUT2D eigenvalue weighted by Gasteiger charge is 2.43. The zero-order valence-electron chi connectivity index (χ0n) is 12.9. The van der Waals surface area contributed by atoms with Crippen LogP contribution in [0.2, 0.25) is 0 Å². The third-order valence-corrected chi connectivity index (χ3v) is 6.44. The highest BCUT2D eigenvalue weighted by Crippen LogP contribution is 2.44. The molecule has 1 heterocycles. The number of rotatable bonds is 5. The average molecular weight is 296 g/mol. The standard InChI is InChI=1S/C16H28N2OS/c1-13-10-14(13)15(19)18-8-6-17(7-9-18)11-16(12-20-2)4-3-5-16/h13-14H,3-12H2,1-2H3/t13-,14-/m1/s1. The quantitative estimate of drug-likeness (QED) is 0.778. The molecule has 0 aromatic rings. The lowest BCUT2D eigenvalue weighted by atomic mass is 9.70. The predicted octanol–water partition coefficient (Wildman–Crippen LogP) is 2.32. The van der Waals surface area contributed by atoms with Crippen LogP contribution in [0.5, 0.6) is 0 Å². The van der Waals surface area contributed by atoms with E-state index in [1.165, 1.54) is 31.6 Å². The van der Waals surface area contributed by atoms with Crippen molar-refractivity contribution < 1.29 is 4.79 Å². The summed E-state index contributed by atoms with van der Waals surface area (Å²) in [4.78, 5) is 17.0. The van der Waals surface area contributed by atoms with Crippen molar-refractivity contribution in [3.05, 3.63) is 0 Å². The molecule has 3 aliphatic rings.